The third-order valence-corrected chi connectivity index (χ3v) is 6.06. The second-order valence-corrected chi connectivity index (χ2v) is 8.74. The van der Waals surface area contributed by atoms with Gasteiger partial charge in [-0.05, 0) is 42.3 Å². The Hall–Kier alpha value is -1.63. The average molecular weight is 468 g/mol. The molecule has 0 saturated carbocycles. The molecule has 7 heteroatoms. The highest BCUT2D eigenvalue weighted by atomic mass is 79.9. The maximum absolute atomic E-state index is 12.2. The molecule has 1 N–H and O–H groups in total. The van der Waals surface area contributed by atoms with Crippen molar-refractivity contribution in [2.45, 2.75) is 37.6 Å². The first-order valence-corrected chi connectivity index (χ1v) is 10.9. The molecule has 1 aromatic heterocycles. The third kappa shape index (κ3) is 5.67. The summed E-state index contributed by atoms with van der Waals surface area (Å²) in [6, 6.07) is 13.3. The predicted octanol–water partition coefficient (Wildman–Crippen LogP) is 6.42. The van der Waals surface area contributed by atoms with E-state index >= 15 is 0 Å². The number of benzene rings is 2. The molecule has 3 rings (SSSR count). The smallest absolute Gasteiger partial charge is 0.239 e. The summed E-state index contributed by atoms with van der Waals surface area (Å²) in [5.74, 6) is 0.710. The SMILES string of the molecule is CCCC[C@H](Br)C(=O)Nc1nc2ccc(OCc3ccc(Cl)cc3)cc2s1. The van der Waals surface area contributed by atoms with E-state index in [0.717, 1.165) is 40.8 Å². The van der Waals surface area contributed by atoms with Crippen LogP contribution in [-0.2, 0) is 11.4 Å². The Morgan fingerprint density at radius 1 is 1.30 bits per heavy atom. The molecule has 0 aliphatic heterocycles. The Morgan fingerprint density at radius 3 is 2.81 bits per heavy atom. The summed E-state index contributed by atoms with van der Waals surface area (Å²) in [5, 5.41) is 4.20. The number of carbonyl (C=O) groups is 1. The maximum atomic E-state index is 12.2. The van der Waals surface area contributed by atoms with Gasteiger partial charge in [-0.15, -0.1) is 0 Å². The van der Waals surface area contributed by atoms with E-state index < -0.39 is 0 Å². The van der Waals surface area contributed by atoms with Gasteiger partial charge >= 0.3 is 0 Å². The number of nitrogens with zero attached hydrogens (tertiary/aromatic N) is 1. The van der Waals surface area contributed by atoms with E-state index in [9.17, 15) is 4.79 Å². The number of carbonyl (C=O) groups excluding carboxylic acids is 1. The topological polar surface area (TPSA) is 51.2 Å². The molecule has 27 heavy (non-hydrogen) atoms. The monoisotopic (exact) mass is 466 g/mol. The van der Waals surface area contributed by atoms with Crippen LogP contribution in [0.1, 0.15) is 31.7 Å². The fourth-order valence-electron chi connectivity index (χ4n) is 2.49. The van der Waals surface area contributed by atoms with Crippen LogP contribution in [0.15, 0.2) is 42.5 Å². The summed E-state index contributed by atoms with van der Waals surface area (Å²) in [4.78, 5) is 16.5. The molecule has 1 atom stereocenters. The minimum absolute atomic E-state index is 0.0540. The minimum Gasteiger partial charge on any atom is -0.489 e. The fourth-order valence-corrected chi connectivity index (χ4v) is 3.96. The van der Waals surface area contributed by atoms with Gasteiger partial charge in [0.15, 0.2) is 5.13 Å². The highest BCUT2D eigenvalue weighted by molar-refractivity contribution is 9.10. The van der Waals surface area contributed by atoms with Gasteiger partial charge in [0, 0.05) is 5.02 Å². The number of rotatable bonds is 8. The van der Waals surface area contributed by atoms with Crippen molar-refractivity contribution in [1.82, 2.24) is 4.98 Å². The Kier molecular flexibility index (Phi) is 7.10. The van der Waals surface area contributed by atoms with Crippen molar-refractivity contribution in [3.63, 3.8) is 0 Å². The van der Waals surface area contributed by atoms with Crippen LogP contribution in [0.25, 0.3) is 10.2 Å². The van der Waals surface area contributed by atoms with E-state index in [1.165, 1.54) is 11.3 Å². The highest BCUT2D eigenvalue weighted by Gasteiger charge is 2.16. The molecular weight excluding hydrogens is 448 g/mol. The van der Waals surface area contributed by atoms with Crippen molar-refractivity contribution < 1.29 is 9.53 Å². The van der Waals surface area contributed by atoms with Gasteiger partial charge in [0.2, 0.25) is 5.91 Å². The molecule has 4 nitrogen and oxygen atoms in total. The van der Waals surface area contributed by atoms with Gasteiger partial charge in [-0.25, -0.2) is 4.98 Å². The second-order valence-electron chi connectivity index (χ2n) is 6.16. The Balaban J connectivity index is 1.63. The zero-order valence-corrected chi connectivity index (χ0v) is 18.0. The fraction of sp³-hybridized carbons (Fsp3) is 0.300. The molecule has 0 spiro atoms. The number of aromatic nitrogens is 1. The average Bonchev–Trinajstić information content (AvgIpc) is 3.07. The summed E-state index contributed by atoms with van der Waals surface area (Å²) >= 11 is 10.8. The van der Waals surface area contributed by atoms with Gasteiger partial charge in [0.05, 0.1) is 15.0 Å². The van der Waals surface area contributed by atoms with Crippen LogP contribution in [0.5, 0.6) is 5.75 Å². The number of alkyl halides is 1. The summed E-state index contributed by atoms with van der Waals surface area (Å²) in [6.07, 6.45) is 2.89. The van der Waals surface area contributed by atoms with Gasteiger partial charge in [-0.1, -0.05) is 70.8 Å². The van der Waals surface area contributed by atoms with E-state index in [1.807, 2.05) is 42.5 Å². The number of thiazole rings is 1. The van der Waals surface area contributed by atoms with Crippen molar-refractivity contribution in [2.24, 2.45) is 0 Å². The van der Waals surface area contributed by atoms with Gasteiger partial charge < -0.3 is 10.1 Å². The summed E-state index contributed by atoms with van der Waals surface area (Å²) in [6.45, 7) is 2.57. The molecule has 0 radical (unpaired) electrons. The molecule has 0 aliphatic rings. The van der Waals surface area contributed by atoms with Crippen LogP contribution in [0, 0.1) is 0 Å². The first-order chi connectivity index (χ1) is 13.0. The largest absolute Gasteiger partial charge is 0.489 e. The number of hydrogen-bond acceptors (Lipinski definition) is 4. The summed E-state index contributed by atoms with van der Waals surface area (Å²) in [7, 11) is 0. The molecule has 1 heterocycles. The number of unbranched alkanes of at least 4 members (excludes halogenated alkanes) is 1. The van der Waals surface area contributed by atoms with Crippen molar-refractivity contribution in [3.8, 4) is 5.75 Å². The molecule has 2 aromatic carbocycles. The lowest BCUT2D eigenvalue weighted by atomic mass is 10.2. The van der Waals surface area contributed by atoms with Crippen LogP contribution < -0.4 is 10.1 Å². The van der Waals surface area contributed by atoms with Gasteiger partial charge in [-0.2, -0.15) is 0 Å². The maximum Gasteiger partial charge on any atom is 0.239 e. The van der Waals surface area contributed by atoms with Crippen LogP contribution in [-0.4, -0.2) is 15.7 Å². The number of ether oxygens (including phenoxy) is 1. The Labute approximate surface area is 176 Å². The summed E-state index contributed by atoms with van der Waals surface area (Å²) in [5.41, 5.74) is 1.89. The lowest BCUT2D eigenvalue weighted by Crippen LogP contribution is -2.22. The van der Waals surface area contributed by atoms with E-state index in [1.54, 1.807) is 0 Å². The zero-order valence-electron chi connectivity index (χ0n) is 14.9. The third-order valence-electron chi connectivity index (χ3n) is 4.00. The molecule has 0 aliphatic carbocycles. The van der Waals surface area contributed by atoms with E-state index in [2.05, 4.69) is 33.2 Å². The molecular formula is C20H20BrClN2O2S. The number of hydrogen-bond donors (Lipinski definition) is 1. The molecule has 0 saturated heterocycles. The molecule has 0 bridgehead atoms. The number of halogens is 2. The van der Waals surface area contributed by atoms with E-state index in [-0.39, 0.29) is 10.7 Å². The number of fused-ring (bicyclic) bond motifs is 1. The number of amides is 1. The van der Waals surface area contributed by atoms with Crippen LogP contribution in [0.3, 0.4) is 0 Å². The lowest BCUT2D eigenvalue weighted by Gasteiger charge is -2.07. The van der Waals surface area contributed by atoms with Crippen molar-refractivity contribution in [2.75, 3.05) is 5.32 Å². The number of anilines is 1. The van der Waals surface area contributed by atoms with Crippen LogP contribution in [0.4, 0.5) is 5.13 Å². The zero-order chi connectivity index (χ0) is 19.2. The van der Waals surface area contributed by atoms with Gasteiger partial charge in [0.25, 0.3) is 0 Å². The van der Waals surface area contributed by atoms with Crippen LogP contribution in [0.2, 0.25) is 5.02 Å². The molecule has 142 valence electrons. The minimum atomic E-state index is -0.192. The highest BCUT2D eigenvalue weighted by Crippen LogP contribution is 2.30. The first-order valence-electron chi connectivity index (χ1n) is 8.78. The van der Waals surface area contributed by atoms with Crippen LogP contribution >= 0.6 is 38.9 Å². The molecule has 3 aromatic rings. The Morgan fingerprint density at radius 2 is 2.07 bits per heavy atom. The van der Waals surface area contributed by atoms with Crippen molar-refractivity contribution in [1.29, 1.82) is 0 Å². The molecule has 0 fully saturated rings. The van der Waals surface area contributed by atoms with Crippen molar-refractivity contribution >= 4 is 60.1 Å². The number of nitrogens with one attached hydrogen (secondary N) is 1. The molecule has 1 amide bonds. The predicted molar refractivity (Wildman–Crippen MR) is 116 cm³/mol. The Bertz CT molecular complexity index is 914. The lowest BCUT2D eigenvalue weighted by molar-refractivity contribution is -0.115. The molecule has 0 unspecified atom stereocenters. The van der Waals surface area contributed by atoms with Crippen molar-refractivity contribution in [3.05, 3.63) is 53.1 Å². The van der Waals surface area contributed by atoms with E-state index in [4.69, 9.17) is 16.3 Å². The van der Waals surface area contributed by atoms with Gasteiger partial charge in [-0.3, -0.25) is 4.79 Å². The van der Waals surface area contributed by atoms with E-state index in [0.29, 0.717) is 16.8 Å². The standard InChI is InChI=1S/C20H20BrClN2O2S/c1-2-3-4-16(21)19(25)24-20-23-17-10-9-15(11-18(17)27-20)26-12-13-5-7-14(22)8-6-13/h5-11,16H,2-4,12H2,1H3,(H,23,24,25)/t16-/m0/s1. The van der Waals surface area contributed by atoms with Gasteiger partial charge in [0.1, 0.15) is 12.4 Å². The first kappa shape index (κ1) is 20.1. The second kappa shape index (κ2) is 9.53. The quantitative estimate of drug-likeness (QED) is 0.389. The normalized spacial score (nSPS) is 12.1. The summed E-state index contributed by atoms with van der Waals surface area (Å²) < 4.78 is 6.82.